The quantitative estimate of drug-likeness (QED) is 0.849. The Bertz CT molecular complexity index is 572. The van der Waals surface area contributed by atoms with E-state index in [0.717, 1.165) is 6.42 Å². The van der Waals surface area contributed by atoms with Gasteiger partial charge in [-0.05, 0) is 37.0 Å². The lowest BCUT2D eigenvalue weighted by Gasteiger charge is -2.18. The number of hydrogen-bond acceptors (Lipinski definition) is 3. The van der Waals surface area contributed by atoms with Crippen molar-refractivity contribution in [2.24, 2.45) is 5.92 Å². The van der Waals surface area contributed by atoms with E-state index in [0.29, 0.717) is 35.3 Å². The Morgan fingerprint density at radius 2 is 2.11 bits per heavy atom. The highest BCUT2D eigenvalue weighted by Gasteiger charge is 2.32. The molecular weight excluding hydrogens is 272 g/mol. The van der Waals surface area contributed by atoms with E-state index in [1.165, 1.54) is 10.4 Å². The van der Waals surface area contributed by atoms with Gasteiger partial charge in [0.2, 0.25) is 10.0 Å². The fourth-order valence-electron chi connectivity index (χ4n) is 2.19. The minimum absolute atomic E-state index is 0.224. The maximum atomic E-state index is 12.5. The zero-order valence-electron chi connectivity index (χ0n) is 10.5. The molecule has 0 aliphatic carbocycles. The Hall–Kier alpha value is -0.780. The van der Waals surface area contributed by atoms with Crippen LogP contribution in [0, 0.1) is 12.8 Å². The fraction of sp³-hybridized carbons (Fsp3) is 0.500. The van der Waals surface area contributed by atoms with Crippen molar-refractivity contribution in [2.75, 3.05) is 18.8 Å². The lowest BCUT2D eigenvalue weighted by atomic mass is 10.2. The Morgan fingerprint density at radius 3 is 2.67 bits per heavy atom. The minimum atomic E-state index is -3.48. The van der Waals surface area contributed by atoms with E-state index in [9.17, 15) is 8.42 Å². The molecule has 1 aliphatic rings. The second-order valence-corrected chi connectivity index (χ2v) is 7.22. The molecule has 0 aromatic heterocycles. The van der Waals surface area contributed by atoms with E-state index in [1.54, 1.807) is 13.0 Å². The second-order valence-electron chi connectivity index (χ2n) is 4.88. The number of anilines is 1. The van der Waals surface area contributed by atoms with Crippen LogP contribution < -0.4 is 5.73 Å². The number of nitrogens with zero attached hydrogens (tertiary/aromatic N) is 1. The molecule has 0 spiro atoms. The molecule has 2 N–H and O–H groups in total. The van der Waals surface area contributed by atoms with Gasteiger partial charge in [-0.1, -0.05) is 18.5 Å². The van der Waals surface area contributed by atoms with Crippen LogP contribution in [0.4, 0.5) is 5.69 Å². The van der Waals surface area contributed by atoms with Crippen LogP contribution >= 0.6 is 11.6 Å². The van der Waals surface area contributed by atoms with Gasteiger partial charge in [-0.3, -0.25) is 0 Å². The molecule has 0 radical (unpaired) electrons. The monoisotopic (exact) mass is 288 g/mol. The number of hydrogen-bond donors (Lipinski definition) is 1. The van der Waals surface area contributed by atoms with Gasteiger partial charge in [0.25, 0.3) is 0 Å². The van der Waals surface area contributed by atoms with Gasteiger partial charge in [0.15, 0.2) is 0 Å². The summed E-state index contributed by atoms with van der Waals surface area (Å²) in [6.07, 6.45) is 0.897. The summed E-state index contributed by atoms with van der Waals surface area (Å²) >= 11 is 5.90. The first kappa shape index (κ1) is 13.6. The predicted octanol–water partition coefficient (Wildman–Crippen LogP) is 2.26. The van der Waals surface area contributed by atoms with Crippen molar-refractivity contribution in [3.8, 4) is 0 Å². The van der Waals surface area contributed by atoms with E-state index in [4.69, 9.17) is 17.3 Å². The van der Waals surface area contributed by atoms with Crippen molar-refractivity contribution in [1.82, 2.24) is 4.31 Å². The minimum Gasteiger partial charge on any atom is -0.398 e. The third-order valence-corrected chi connectivity index (χ3v) is 5.58. The Kier molecular flexibility index (Phi) is 3.58. The first-order valence-corrected chi connectivity index (χ1v) is 7.70. The summed E-state index contributed by atoms with van der Waals surface area (Å²) in [7, 11) is -3.48. The number of halogens is 1. The van der Waals surface area contributed by atoms with E-state index in [2.05, 4.69) is 6.92 Å². The Balaban J connectivity index is 2.48. The van der Waals surface area contributed by atoms with Gasteiger partial charge < -0.3 is 5.73 Å². The number of benzene rings is 1. The zero-order chi connectivity index (χ0) is 13.5. The molecular formula is C12H17ClN2O2S. The lowest BCUT2D eigenvalue weighted by molar-refractivity contribution is 0.464. The standard InChI is InChI=1S/C12H17ClN2O2S/c1-8-3-4-15(7-8)18(16,17)12-6-10(13)5-11(14)9(12)2/h5-6,8H,3-4,7,14H2,1-2H3. The highest BCUT2D eigenvalue weighted by molar-refractivity contribution is 7.89. The third kappa shape index (κ3) is 2.35. The molecule has 1 heterocycles. The summed E-state index contributed by atoms with van der Waals surface area (Å²) in [5.41, 5.74) is 6.76. The maximum absolute atomic E-state index is 12.5. The first-order valence-electron chi connectivity index (χ1n) is 5.88. The van der Waals surface area contributed by atoms with Gasteiger partial charge >= 0.3 is 0 Å². The largest absolute Gasteiger partial charge is 0.398 e. The molecule has 1 fully saturated rings. The van der Waals surface area contributed by atoms with Crippen LogP contribution in [0.25, 0.3) is 0 Å². The molecule has 18 heavy (non-hydrogen) atoms. The summed E-state index contributed by atoms with van der Waals surface area (Å²) in [5.74, 6) is 0.400. The summed E-state index contributed by atoms with van der Waals surface area (Å²) in [6.45, 7) is 4.89. The number of rotatable bonds is 2. The molecule has 1 aromatic carbocycles. The van der Waals surface area contributed by atoms with Gasteiger partial charge in [0.05, 0.1) is 4.90 Å². The van der Waals surface area contributed by atoms with E-state index in [-0.39, 0.29) is 4.90 Å². The van der Waals surface area contributed by atoms with Crippen LogP contribution in [-0.2, 0) is 10.0 Å². The van der Waals surface area contributed by atoms with Crippen molar-refractivity contribution < 1.29 is 8.42 Å². The van der Waals surface area contributed by atoms with Crippen molar-refractivity contribution in [2.45, 2.75) is 25.2 Å². The summed E-state index contributed by atoms with van der Waals surface area (Å²) in [6, 6.07) is 3.05. The molecule has 0 bridgehead atoms. The van der Waals surface area contributed by atoms with Crippen LogP contribution in [0.3, 0.4) is 0 Å². The van der Waals surface area contributed by atoms with Crippen molar-refractivity contribution >= 4 is 27.3 Å². The molecule has 1 atom stereocenters. The van der Waals surface area contributed by atoms with Gasteiger partial charge in [-0.2, -0.15) is 4.31 Å². The maximum Gasteiger partial charge on any atom is 0.243 e. The van der Waals surface area contributed by atoms with Gasteiger partial charge in [0, 0.05) is 23.8 Å². The number of sulfonamides is 1. The molecule has 1 aliphatic heterocycles. The molecule has 100 valence electrons. The Morgan fingerprint density at radius 1 is 1.44 bits per heavy atom. The smallest absolute Gasteiger partial charge is 0.243 e. The molecule has 1 saturated heterocycles. The third-order valence-electron chi connectivity index (χ3n) is 3.37. The topological polar surface area (TPSA) is 63.4 Å². The van der Waals surface area contributed by atoms with Crippen molar-refractivity contribution in [3.63, 3.8) is 0 Å². The van der Waals surface area contributed by atoms with Crippen molar-refractivity contribution in [1.29, 1.82) is 0 Å². The highest BCUT2D eigenvalue weighted by Crippen LogP contribution is 2.30. The molecule has 6 heteroatoms. The van der Waals surface area contributed by atoms with Gasteiger partial charge in [0.1, 0.15) is 0 Å². The molecule has 1 unspecified atom stereocenters. The fourth-order valence-corrected chi connectivity index (χ4v) is 4.34. The molecule has 1 aromatic rings. The summed E-state index contributed by atoms with van der Waals surface area (Å²) in [5, 5.41) is 0.351. The van der Waals surface area contributed by atoms with Crippen LogP contribution in [0.5, 0.6) is 0 Å². The van der Waals surface area contributed by atoms with E-state index < -0.39 is 10.0 Å². The van der Waals surface area contributed by atoms with Crippen LogP contribution in [-0.4, -0.2) is 25.8 Å². The van der Waals surface area contributed by atoms with E-state index >= 15 is 0 Å². The average molecular weight is 289 g/mol. The van der Waals surface area contributed by atoms with Crippen LogP contribution in [0.15, 0.2) is 17.0 Å². The summed E-state index contributed by atoms with van der Waals surface area (Å²) < 4.78 is 26.5. The van der Waals surface area contributed by atoms with Crippen LogP contribution in [0.1, 0.15) is 18.9 Å². The normalized spacial score (nSPS) is 21.4. The zero-order valence-corrected chi connectivity index (χ0v) is 12.1. The van der Waals surface area contributed by atoms with Gasteiger partial charge in [-0.15, -0.1) is 0 Å². The summed E-state index contributed by atoms with van der Waals surface area (Å²) in [4.78, 5) is 0.224. The SMILES string of the molecule is Cc1c(N)cc(Cl)cc1S(=O)(=O)N1CCC(C)C1. The van der Waals surface area contributed by atoms with E-state index in [1.807, 2.05) is 0 Å². The first-order chi connectivity index (χ1) is 8.32. The predicted molar refractivity (Wildman–Crippen MR) is 73.1 cm³/mol. The molecule has 0 amide bonds. The number of nitrogens with two attached hydrogens (primary N) is 1. The van der Waals surface area contributed by atoms with Crippen molar-refractivity contribution in [3.05, 3.63) is 22.7 Å². The molecule has 4 nitrogen and oxygen atoms in total. The number of nitrogen functional groups attached to an aromatic ring is 1. The average Bonchev–Trinajstić information content (AvgIpc) is 2.70. The van der Waals surface area contributed by atoms with Crippen LogP contribution in [0.2, 0.25) is 5.02 Å². The van der Waals surface area contributed by atoms with Gasteiger partial charge in [-0.25, -0.2) is 8.42 Å². The Labute approximate surface area is 113 Å². The lowest BCUT2D eigenvalue weighted by Crippen LogP contribution is -2.29. The molecule has 0 saturated carbocycles. The second kappa shape index (κ2) is 4.72. The highest BCUT2D eigenvalue weighted by atomic mass is 35.5. The molecule has 2 rings (SSSR count).